The average Bonchev–Trinajstić information content (AvgIpc) is 3.05. The summed E-state index contributed by atoms with van der Waals surface area (Å²) in [7, 11) is 0. The molecule has 0 spiro atoms. The van der Waals surface area contributed by atoms with Gasteiger partial charge in [-0.25, -0.2) is 9.67 Å². The van der Waals surface area contributed by atoms with Crippen molar-refractivity contribution < 1.29 is 4.79 Å². The molecule has 0 radical (unpaired) electrons. The summed E-state index contributed by atoms with van der Waals surface area (Å²) in [5.41, 5.74) is 2.76. The largest absolute Gasteiger partial charge is 0.348 e. The summed E-state index contributed by atoms with van der Waals surface area (Å²) in [5, 5.41) is 10.6. The maximum absolute atomic E-state index is 12.5. The standard InChI is InChI=1S/C17H21N5O/c1-2-15-14(12-21-22(15)16-5-3-4-8-19-16)17(23)20-11-13-6-9-18-10-7-13/h3-6,8,12,18H,2,7,9-11H2,1H3,(H,20,23). The molecule has 2 N–H and O–H groups in total. The number of hydrogen-bond acceptors (Lipinski definition) is 4. The van der Waals surface area contributed by atoms with Crippen molar-refractivity contribution in [3.8, 4) is 5.82 Å². The van der Waals surface area contributed by atoms with Crippen molar-refractivity contribution in [2.45, 2.75) is 19.8 Å². The van der Waals surface area contributed by atoms with Gasteiger partial charge in [-0.3, -0.25) is 4.79 Å². The third kappa shape index (κ3) is 3.48. The molecule has 0 saturated carbocycles. The van der Waals surface area contributed by atoms with Crippen LogP contribution in [0.25, 0.3) is 5.82 Å². The molecule has 2 aromatic heterocycles. The van der Waals surface area contributed by atoms with Crippen molar-refractivity contribution in [2.75, 3.05) is 19.6 Å². The normalized spacial score (nSPS) is 14.4. The SMILES string of the molecule is CCc1c(C(=O)NCC2=CCNCC2)cnn1-c1ccccn1. The van der Waals surface area contributed by atoms with Crippen LogP contribution >= 0.6 is 0 Å². The van der Waals surface area contributed by atoms with E-state index in [9.17, 15) is 4.79 Å². The summed E-state index contributed by atoms with van der Waals surface area (Å²) in [4.78, 5) is 16.8. The molecule has 1 aliphatic heterocycles. The molecule has 120 valence electrons. The predicted molar refractivity (Wildman–Crippen MR) is 88.6 cm³/mol. The van der Waals surface area contributed by atoms with E-state index in [1.54, 1.807) is 17.1 Å². The molecular weight excluding hydrogens is 290 g/mol. The molecule has 0 bridgehead atoms. The van der Waals surface area contributed by atoms with Crippen molar-refractivity contribution in [1.29, 1.82) is 0 Å². The fourth-order valence-corrected chi connectivity index (χ4v) is 2.70. The van der Waals surface area contributed by atoms with Gasteiger partial charge in [0.05, 0.1) is 17.5 Å². The van der Waals surface area contributed by atoms with E-state index in [0.29, 0.717) is 18.5 Å². The molecule has 23 heavy (non-hydrogen) atoms. The molecule has 2 aromatic rings. The second-order valence-electron chi connectivity index (χ2n) is 5.46. The minimum atomic E-state index is -0.0801. The third-order valence-electron chi connectivity index (χ3n) is 3.95. The van der Waals surface area contributed by atoms with Gasteiger partial charge in [-0.2, -0.15) is 5.10 Å². The van der Waals surface area contributed by atoms with Crippen LogP contribution in [0, 0.1) is 0 Å². The van der Waals surface area contributed by atoms with E-state index in [-0.39, 0.29) is 5.91 Å². The molecule has 0 fully saturated rings. The lowest BCUT2D eigenvalue weighted by molar-refractivity contribution is 0.0955. The van der Waals surface area contributed by atoms with Crippen molar-refractivity contribution in [2.24, 2.45) is 0 Å². The van der Waals surface area contributed by atoms with Gasteiger partial charge in [0.2, 0.25) is 0 Å². The quantitative estimate of drug-likeness (QED) is 0.821. The molecule has 0 unspecified atom stereocenters. The van der Waals surface area contributed by atoms with Gasteiger partial charge in [0, 0.05) is 19.3 Å². The predicted octanol–water partition coefficient (Wildman–Crippen LogP) is 1.48. The zero-order valence-corrected chi connectivity index (χ0v) is 13.2. The smallest absolute Gasteiger partial charge is 0.255 e. The maximum Gasteiger partial charge on any atom is 0.255 e. The van der Waals surface area contributed by atoms with E-state index in [4.69, 9.17) is 0 Å². The number of hydrogen-bond donors (Lipinski definition) is 2. The summed E-state index contributed by atoms with van der Waals surface area (Å²) < 4.78 is 1.73. The van der Waals surface area contributed by atoms with Gasteiger partial charge in [-0.15, -0.1) is 0 Å². The fourth-order valence-electron chi connectivity index (χ4n) is 2.70. The van der Waals surface area contributed by atoms with Gasteiger partial charge in [0.15, 0.2) is 5.82 Å². The Kier molecular flexibility index (Phi) is 4.83. The van der Waals surface area contributed by atoms with Crippen molar-refractivity contribution in [3.05, 3.63) is 53.5 Å². The Morgan fingerprint density at radius 2 is 2.35 bits per heavy atom. The van der Waals surface area contributed by atoms with Gasteiger partial charge in [0.25, 0.3) is 5.91 Å². The second-order valence-corrected chi connectivity index (χ2v) is 5.46. The van der Waals surface area contributed by atoms with Crippen molar-refractivity contribution in [3.63, 3.8) is 0 Å². The van der Waals surface area contributed by atoms with Gasteiger partial charge in [0.1, 0.15) is 0 Å². The number of rotatable bonds is 5. The molecule has 3 heterocycles. The van der Waals surface area contributed by atoms with E-state index in [1.165, 1.54) is 5.57 Å². The van der Waals surface area contributed by atoms with E-state index in [0.717, 1.165) is 31.0 Å². The van der Waals surface area contributed by atoms with Crippen LogP contribution in [0.4, 0.5) is 0 Å². The lowest BCUT2D eigenvalue weighted by atomic mass is 10.1. The minimum Gasteiger partial charge on any atom is -0.348 e. The highest BCUT2D eigenvalue weighted by Crippen LogP contribution is 2.14. The highest BCUT2D eigenvalue weighted by atomic mass is 16.1. The molecular formula is C17H21N5O. The van der Waals surface area contributed by atoms with Crippen LogP contribution in [0.15, 0.2) is 42.2 Å². The highest BCUT2D eigenvalue weighted by molar-refractivity contribution is 5.95. The van der Waals surface area contributed by atoms with Crippen LogP contribution in [0.2, 0.25) is 0 Å². The number of carbonyl (C=O) groups is 1. The first-order chi connectivity index (χ1) is 11.3. The van der Waals surface area contributed by atoms with Gasteiger partial charge < -0.3 is 10.6 Å². The van der Waals surface area contributed by atoms with Crippen LogP contribution in [0.1, 0.15) is 29.4 Å². The number of pyridine rings is 1. The van der Waals surface area contributed by atoms with E-state index in [1.807, 2.05) is 25.1 Å². The molecule has 0 saturated heterocycles. The first-order valence-corrected chi connectivity index (χ1v) is 7.94. The Morgan fingerprint density at radius 3 is 3.04 bits per heavy atom. The first kappa shape index (κ1) is 15.4. The number of carbonyl (C=O) groups excluding carboxylic acids is 1. The molecule has 1 amide bonds. The van der Waals surface area contributed by atoms with E-state index >= 15 is 0 Å². The molecule has 0 atom stereocenters. The molecule has 6 nitrogen and oxygen atoms in total. The van der Waals surface area contributed by atoms with Crippen molar-refractivity contribution in [1.82, 2.24) is 25.4 Å². The monoisotopic (exact) mass is 311 g/mol. The zero-order valence-electron chi connectivity index (χ0n) is 13.2. The lowest BCUT2D eigenvalue weighted by Gasteiger charge is -2.14. The number of amides is 1. The molecule has 0 aromatic carbocycles. The summed E-state index contributed by atoms with van der Waals surface area (Å²) >= 11 is 0. The second kappa shape index (κ2) is 7.19. The lowest BCUT2D eigenvalue weighted by Crippen LogP contribution is -2.30. The van der Waals surface area contributed by atoms with Crippen LogP contribution in [0.5, 0.6) is 0 Å². The van der Waals surface area contributed by atoms with Crippen LogP contribution < -0.4 is 10.6 Å². The summed E-state index contributed by atoms with van der Waals surface area (Å²) in [5.74, 6) is 0.646. The molecule has 3 rings (SSSR count). The Balaban J connectivity index is 1.76. The average molecular weight is 311 g/mol. The van der Waals surface area contributed by atoms with E-state index in [2.05, 4.69) is 26.8 Å². The zero-order chi connectivity index (χ0) is 16.1. The Morgan fingerprint density at radius 1 is 1.43 bits per heavy atom. The summed E-state index contributed by atoms with van der Waals surface area (Å²) in [6.45, 7) is 4.46. The van der Waals surface area contributed by atoms with E-state index < -0.39 is 0 Å². The number of nitrogens with zero attached hydrogens (tertiary/aromatic N) is 3. The minimum absolute atomic E-state index is 0.0801. The molecule has 0 aliphatic carbocycles. The number of aromatic nitrogens is 3. The topological polar surface area (TPSA) is 71.8 Å². The maximum atomic E-state index is 12.5. The van der Waals surface area contributed by atoms with Gasteiger partial charge in [-0.1, -0.05) is 24.6 Å². The van der Waals surface area contributed by atoms with Crippen molar-refractivity contribution >= 4 is 5.91 Å². The highest BCUT2D eigenvalue weighted by Gasteiger charge is 2.17. The van der Waals surface area contributed by atoms with Gasteiger partial charge >= 0.3 is 0 Å². The van der Waals surface area contributed by atoms with Crippen LogP contribution in [-0.4, -0.2) is 40.3 Å². The number of nitrogens with one attached hydrogen (secondary N) is 2. The van der Waals surface area contributed by atoms with Crippen LogP contribution in [0.3, 0.4) is 0 Å². The molecule has 6 heteroatoms. The fraction of sp³-hybridized carbons (Fsp3) is 0.353. The van der Waals surface area contributed by atoms with Crippen LogP contribution in [-0.2, 0) is 6.42 Å². The summed E-state index contributed by atoms with van der Waals surface area (Å²) in [6, 6.07) is 5.65. The first-order valence-electron chi connectivity index (χ1n) is 7.94. The Labute approximate surface area is 135 Å². The Hall–Kier alpha value is -2.47. The summed E-state index contributed by atoms with van der Waals surface area (Å²) in [6.07, 6.45) is 7.18. The Bertz CT molecular complexity index is 705. The van der Waals surface area contributed by atoms with Gasteiger partial charge in [-0.05, 0) is 31.5 Å². The molecule has 1 aliphatic rings. The third-order valence-corrected chi connectivity index (χ3v) is 3.95.